The topological polar surface area (TPSA) is 55.8 Å². The van der Waals surface area contributed by atoms with Crippen LogP contribution in [0.5, 0.6) is 0 Å². The molecule has 1 fully saturated rings. The lowest BCUT2D eigenvalue weighted by molar-refractivity contribution is -0.145. The van der Waals surface area contributed by atoms with Crippen molar-refractivity contribution in [2.24, 2.45) is 0 Å². The molecule has 0 radical (unpaired) electrons. The Balaban J connectivity index is 1.96. The third-order valence-corrected chi connectivity index (χ3v) is 4.48. The van der Waals surface area contributed by atoms with E-state index >= 15 is 0 Å². The summed E-state index contributed by atoms with van der Waals surface area (Å²) in [5.74, 6) is -0.679. The lowest BCUT2D eigenvalue weighted by Gasteiger charge is -2.33. The van der Waals surface area contributed by atoms with Crippen LogP contribution in [0.4, 0.5) is 0 Å². The highest BCUT2D eigenvalue weighted by atomic mass is 16.6. The average molecular weight is 309 g/mol. The molecule has 1 amide bonds. The van der Waals surface area contributed by atoms with Crippen molar-refractivity contribution in [3.05, 3.63) is 71.3 Å². The molecule has 5 heteroatoms. The highest BCUT2D eigenvalue weighted by Gasteiger charge is 2.60. The van der Waals surface area contributed by atoms with Gasteiger partial charge in [0.25, 0.3) is 5.91 Å². The van der Waals surface area contributed by atoms with Gasteiger partial charge in [0.2, 0.25) is 0 Å². The molecule has 0 N–H and O–H groups in total. The van der Waals surface area contributed by atoms with Crippen LogP contribution < -0.4 is 0 Å². The second-order valence-electron chi connectivity index (χ2n) is 5.58. The molecule has 2 aliphatic rings. The molecule has 2 aliphatic heterocycles. The number of nitrogens with zero attached hydrogens (tertiary/aromatic N) is 1. The van der Waals surface area contributed by atoms with E-state index in [1.54, 1.807) is 6.07 Å². The van der Waals surface area contributed by atoms with Gasteiger partial charge in [-0.3, -0.25) is 9.69 Å². The molecule has 2 aromatic carbocycles. The molecule has 0 saturated carbocycles. The zero-order valence-electron chi connectivity index (χ0n) is 12.6. The second kappa shape index (κ2) is 4.93. The van der Waals surface area contributed by atoms with Crippen LogP contribution in [0.15, 0.2) is 54.6 Å². The third-order valence-electron chi connectivity index (χ3n) is 4.48. The van der Waals surface area contributed by atoms with Crippen molar-refractivity contribution in [2.75, 3.05) is 13.7 Å². The van der Waals surface area contributed by atoms with E-state index in [0.29, 0.717) is 5.56 Å². The lowest BCUT2D eigenvalue weighted by Crippen LogP contribution is -2.48. The van der Waals surface area contributed by atoms with Gasteiger partial charge in [-0.1, -0.05) is 48.5 Å². The molecule has 2 heterocycles. The fourth-order valence-electron chi connectivity index (χ4n) is 3.50. The number of rotatable bonds is 2. The fraction of sp³-hybridized carbons (Fsp3) is 0.222. The largest absolute Gasteiger partial charge is 0.467 e. The summed E-state index contributed by atoms with van der Waals surface area (Å²) in [5.41, 5.74) is 1.09. The van der Waals surface area contributed by atoms with E-state index in [1.807, 2.05) is 48.5 Å². The molecule has 2 aromatic rings. The van der Waals surface area contributed by atoms with Gasteiger partial charge in [0, 0.05) is 16.7 Å². The summed E-state index contributed by atoms with van der Waals surface area (Å²) in [6, 6.07) is 16.1. The summed E-state index contributed by atoms with van der Waals surface area (Å²) in [7, 11) is 1.32. The number of benzene rings is 2. The Morgan fingerprint density at radius 1 is 1.17 bits per heavy atom. The Labute approximate surface area is 133 Å². The average Bonchev–Trinajstić information content (AvgIpc) is 3.12. The summed E-state index contributed by atoms with van der Waals surface area (Å²) in [4.78, 5) is 26.6. The Morgan fingerprint density at radius 2 is 1.87 bits per heavy atom. The SMILES string of the molecule is COC(=O)C1COC2(c3ccccc3)c3ccccc3C(=O)N12. The molecular weight excluding hydrogens is 294 g/mol. The van der Waals surface area contributed by atoms with Crippen LogP contribution in [0, 0.1) is 0 Å². The minimum absolute atomic E-state index is 0.113. The Morgan fingerprint density at radius 3 is 2.61 bits per heavy atom. The number of ether oxygens (including phenoxy) is 2. The molecule has 0 aliphatic carbocycles. The van der Waals surface area contributed by atoms with Gasteiger partial charge in [0.15, 0.2) is 11.8 Å². The van der Waals surface area contributed by atoms with Crippen LogP contribution in [-0.4, -0.2) is 36.5 Å². The van der Waals surface area contributed by atoms with E-state index in [4.69, 9.17) is 9.47 Å². The van der Waals surface area contributed by atoms with Crippen molar-refractivity contribution in [3.8, 4) is 0 Å². The van der Waals surface area contributed by atoms with Crippen molar-refractivity contribution >= 4 is 11.9 Å². The van der Waals surface area contributed by atoms with E-state index in [0.717, 1.165) is 11.1 Å². The first-order chi connectivity index (χ1) is 11.2. The van der Waals surface area contributed by atoms with Gasteiger partial charge in [-0.15, -0.1) is 0 Å². The van der Waals surface area contributed by atoms with Gasteiger partial charge in [0.1, 0.15) is 0 Å². The predicted molar refractivity (Wildman–Crippen MR) is 81.6 cm³/mol. The number of esters is 1. The van der Waals surface area contributed by atoms with Gasteiger partial charge < -0.3 is 9.47 Å². The number of amides is 1. The standard InChI is InChI=1S/C18H15NO4/c1-22-17(21)15-11-23-18(12-7-3-2-4-8-12)14-10-6-5-9-13(14)16(20)19(15)18/h2-10,15H,11H2,1H3. The summed E-state index contributed by atoms with van der Waals surface area (Å²) >= 11 is 0. The number of methoxy groups -OCH3 is 1. The van der Waals surface area contributed by atoms with Crippen LogP contribution in [0.25, 0.3) is 0 Å². The Kier molecular flexibility index (Phi) is 2.99. The molecule has 5 nitrogen and oxygen atoms in total. The molecule has 0 bridgehead atoms. The minimum Gasteiger partial charge on any atom is -0.467 e. The highest BCUT2D eigenvalue weighted by molar-refractivity contribution is 6.03. The monoisotopic (exact) mass is 309 g/mol. The van der Waals surface area contributed by atoms with Crippen LogP contribution in [0.3, 0.4) is 0 Å². The zero-order valence-corrected chi connectivity index (χ0v) is 12.6. The normalized spacial score (nSPS) is 25.2. The van der Waals surface area contributed by atoms with E-state index in [2.05, 4.69) is 0 Å². The van der Waals surface area contributed by atoms with Crippen molar-refractivity contribution in [3.63, 3.8) is 0 Å². The second-order valence-corrected chi connectivity index (χ2v) is 5.58. The van der Waals surface area contributed by atoms with Crippen molar-refractivity contribution in [2.45, 2.75) is 11.8 Å². The molecule has 4 rings (SSSR count). The van der Waals surface area contributed by atoms with Crippen LogP contribution in [0.2, 0.25) is 0 Å². The summed E-state index contributed by atoms with van der Waals surface area (Å²) in [6.07, 6.45) is 0. The zero-order chi connectivity index (χ0) is 16.0. The maximum Gasteiger partial charge on any atom is 0.331 e. The summed E-state index contributed by atoms with van der Waals surface area (Å²) in [5, 5.41) is 0. The van der Waals surface area contributed by atoms with Crippen LogP contribution >= 0.6 is 0 Å². The third kappa shape index (κ3) is 1.71. The maximum atomic E-state index is 12.9. The molecular formula is C18H15NO4. The molecule has 23 heavy (non-hydrogen) atoms. The summed E-state index contributed by atoms with van der Waals surface area (Å²) < 4.78 is 10.9. The Hall–Kier alpha value is -2.66. The quantitative estimate of drug-likeness (QED) is 0.795. The molecule has 116 valence electrons. The number of carbonyl (C=O) groups excluding carboxylic acids is 2. The van der Waals surface area contributed by atoms with E-state index in [1.165, 1.54) is 12.0 Å². The first-order valence-electron chi connectivity index (χ1n) is 7.40. The van der Waals surface area contributed by atoms with Crippen molar-refractivity contribution < 1.29 is 19.1 Å². The van der Waals surface area contributed by atoms with Crippen LogP contribution in [0.1, 0.15) is 21.5 Å². The van der Waals surface area contributed by atoms with E-state index in [9.17, 15) is 9.59 Å². The number of hydrogen-bond donors (Lipinski definition) is 0. The molecule has 0 spiro atoms. The fourth-order valence-corrected chi connectivity index (χ4v) is 3.50. The van der Waals surface area contributed by atoms with Gasteiger partial charge in [-0.2, -0.15) is 0 Å². The van der Waals surface area contributed by atoms with E-state index < -0.39 is 17.7 Å². The molecule has 1 saturated heterocycles. The first kappa shape index (κ1) is 14.0. The van der Waals surface area contributed by atoms with Gasteiger partial charge in [0.05, 0.1) is 13.7 Å². The molecule has 0 aromatic heterocycles. The predicted octanol–water partition coefficient (Wildman–Crippen LogP) is 1.92. The van der Waals surface area contributed by atoms with E-state index in [-0.39, 0.29) is 12.5 Å². The van der Waals surface area contributed by atoms with Crippen molar-refractivity contribution in [1.29, 1.82) is 0 Å². The van der Waals surface area contributed by atoms with Crippen LogP contribution in [-0.2, 0) is 20.0 Å². The van der Waals surface area contributed by atoms with Gasteiger partial charge in [-0.25, -0.2) is 4.79 Å². The molecule has 2 unspecified atom stereocenters. The minimum atomic E-state index is -1.06. The Bertz CT molecular complexity index is 789. The smallest absolute Gasteiger partial charge is 0.331 e. The first-order valence-corrected chi connectivity index (χ1v) is 7.40. The lowest BCUT2D eigenvalue weighted by atomic mass is 9.94. The summed E-state index contributed by atoms with van der Waals surface area (Å²) in [6.45, 7) is 0.113. The number of fused-ring (bicyclic) bond motifs is 3. The number of carbonyl (C=O) groups is 2. The number of hydrogen-bond acceptors (Lipinski definition) is 4. The van der Waals surface area contributed by atoms with Gasteiger partial charge >= 0.3 is 5.97 Å². The van der Waals surface area contributed by atoms with Gasteiger partial charge in [-0.05, 0) is 6.07 Å². The highest BCUT2D eigenvalue weighted by Crippen LogP contribution is 2.49. The molecule has 2 atom stereocenters. The van der Waals surface area contributed by atoms with Crippen molar-refractivity contribution in [1.82, 2.24) is 4.90 Å². The maximum absolute atomic E-state index is 12.9.